The average Bonchev–Trinajstić information content (AvgIpc) is 3.40. The summed E-state index contributed by atoms with van der Waals surface area (Å²) in [5, 5.41) is 18.8. The number of benzene rings is 3. The Morgan fingerprint density at radius 1 is 1.02 bits per heavy atom. The molecule has 8 heteroatoms. The minimum atomic E-state index is -0.250. The summed E-state index contributed by atoms with van der Waals surface area (Å²) < 4.78 is 18.3. The van der Waals surface area contributed by atoms with Crippen LogP contribution in [0, 0.1) is 13.8 Å². The number of ether oxygens (including phenoxy) is 3. The second kappa shape index (κ2) is 14.8. The van der Waals surface area contributed by atoms with Crippen molar-refractivity contribution in [1.29, 1.82) is 0 Å². The number of methoxy groups -OCH3 is 1. The van der Waals surface area contributed by atoms with Crippen LogP contribution >= 0.6 is 0 Å². The minimum absolute atomic E-state index is 0.0487. The van der Waals surface area contributed by atoms with Crippen LogP contribution in [-0.4, -0.2) is 46.4 Å². The Balaban J connectivity index is 1.39. The molecule has 1 heterocycles. The molecule has 0 amide bonds. The van der Waals surface area contributed by atoms with E-state index in [0.717, 1.165) is 76.0 Å². The summed E-state index contributed by atoms with van der Waals surface area (Å²) in [6, 6.07) is 18.1. The highest BCUT2D eigenvalue weighted by Crippen LogP contribution is 2.34. The van der Waals surface area contributed by atoms with Crippen molar-refractivity contribution < 1.29 is 24.1 Å². The number of aryl methyl sites for hydroxylation is 3. The van der Waals surface area contributed by atoms with Crippen LogP contribution in [0.3, 0.4) is 0 Å². The lowest BCUT2D eigenvalue weighted by molar-refractivity contribution is -0.143. The molecule has 0 aliphatic heterocycles. The van der Waals surface area contributed by atoms with Gasteiger partial charge in [-0.15, -0.1) is 5.10 Å². The molecule has 0 spiro atoms. The van der Waals surface area contributed by atoms with Crippen molar-refractivity contribution >= 4 is 17.0 Å². The zero-order valence-corrected chi connectivity index (χ0v) is 24.6. The van der Waals surface area contributed by atoms with Gasteiger partial charge in [-0.25, -0.2) is 4.68 Å². The highest BCUT2D eigenvalue weighted by atomic mass is 16.5. The van der Waals surface area contributed by atoms with Gasteiger partial charge in [0.15, 0.2) is 0 Å². The predicted molar refractivity (Wildman–Crippen MR) is 159 cm³/mol. The molecule has 0 fully saturated rings. The van der Waals surface area contributed by atoms with E-state index in [2.05, 4.69) is 22.4 Å². The molecule has 3 aromatic carbocycles. The van der Waals surface area contributed by atoms with Crippen LogP contribution in [0.2, 0.25) is 0 Å². The predicted octanol–water partition coefficient (Wildman–Crippen LogP) is 6.02. The van der Waals surface area contributed by atoms with Crippen molar-refractivity contribution in [3.05, 3.63) is 88.0 Å². The smallest absolute Gasteiger partial charge is 0.306 e. The quantitative estimate of drug-likeness (QED) is 0.141. The van der Waals surface area contributed by atoms with Gasteiger partial charge >= 0.3 is 5.97 Å². The van der Waals surface area contributed by atoms with Gasteiger partial charge in [-0.2, -0.15) is 0 Å². The van der Waals surface area contributed by atoms with Gasteiger partial charge in [0.05, 0.1) is 38.9 Å². The Morgan fingerprint density at radius 3 is 2.56 bits per heavy atom. The normalized spacial score (nSPS) is 12.0. The van der Waals surface area contributed by atoms with E-state index in [0.29, 0.717) is 19.8 Å². The fraction of sp³-hybridized carbons (Fsp3) is 0.424. The second-order valence-corrected chi connectivity index (χ2v) is 10.3. The van der Waals surface area contributed by atoms with Gasteiger partial charge in [0.1, 0.15) is 11.3 Å². The van der Waals surface area contributed by atoms with Gasteiger partial charge in [-0.1, -0.05) is 41.6 Å². The summed E-state index contributed by atoms with van der Waals surface area (Å²) in [6.45, 7) is 8.20. The van der Waals surface area contributed by atoms with E-state index in [1.165, 1.54) is 0 Å². The highest BCUT2D eigenvalue weighted by Gasteiger charge is 2.23. The first kappa shape index (κ1) is 30.2. The van der Waals surface area contributed by atoms with Crippen LogP contribution in [0.4, 0.5) is 0 Å². The van der Waals surface area contributed by atoms with Gasteiger partial charge in [0.2, 0.25) is 0 Å². The third kappa shape index (κ3) is 7.71. The first-order valence-electron chi connectivity index (χ1n) is 14.3. The standard InChI is InChI=1S/C33H41N3O5/c1-5-41-32(38)20-30(26-12-9-23(2)27(19-26)21-37)29-15-16-31-33(24(29)3)34-35-36(31)17-7-6-8-18-40-22-25-10-13-28(39-4)14-11-25/h9-16,19,30,37H,5-8,17-18,20-22H2,1-4H3. The van der Waals surface area contributed by atoms with Crippen LogP contribution in [0.5, 0.6) is 5.75 Å². The molecule has 4 aromatic rings. The van der Waals surface area contributed by atoms with Gasteiger partial charge in [0, 0.05) is 19.1 Å². The van der Waals surface area contributed by atoms with Gasteiger partial charge in [-0.3, -0.25) is 4.79 Å². The number of aliphatic hydroxyl groups is 1. The van der Waals surface area contributed by atoms with Crippen LogP contribution in [0.25, 0.3) is 11.0 Å². The number of aromatic nitrogens is 3. The molecule has 218 valence electrons. The number of hydrogen-bond donors (Lipinski definition) is 1. The Hall–Kier alpha value is -3.75. The van der Waals surface area contributed by atoms with Gasteiger partial charge < -0.3 is 19.3 Å². The third-order valence-electron chi connectivity index (χ3n) is 7.57. The fourth-order valence-electron chi connectivity index (χ4n) is 5.15. The molecular weight excluding hydrogens is 518 g/mol. The van der Waals surface area contributed by atoms with Crippen molar-refractivity contribution in [1.82, 2.24) is 15.0 Å². The molecule has 8 nitrogen and oxygen atoms in total. The Kier molecular flexibility index (Phi) is 10.9. The van der Waals surface area contributed by atoms with E-state index in [1.807, 2.05) is 67.9 Å². The number of nitrogens with zero attached hydrogens (tertiary/aromatic N) is 3. The van der Waals surface area contributed by atoms with Crippen molar-refractivity contribution in [3.8, 4) is 5.75 Å². The lowest BCUT2D eigenvalue weighted by Crippen LogP contribution is -2.13. The maximum absolute atomic E-state index is 12.6. The van der Waals surface area contributed by atoms with Crippen LogP contribution in [-0.2, 0) is 34.0 Å². The summed E-state index contributed by atoms with van der Waals surface area (Å²) in [6.07, 6.45) is 3.20. The molecule has 1 aromatic heterocycles. The first-order chi connectivity index (χ1) is 19.9. The van der Waals surface area contributed by atoms with Crippen LogP contribution in [0.15, 0.2) is 54.6 Å². The topological polar surface area (TPSA) is 95.7 Å². The summed E-state index contributed by atoms with van der Waals surface area (Å²) in [4.78, 5) is 12.6. The molecule has 0 saturated carbocycles. The first-order valence-corrected chi connectivity index (χ1v) is 14.3. The van der Waals surface area contributed by atoms with Crippen LogP contribution in [0.1, 0.15) is 71.9 Å². The molecule has 41 heavy (non-hydrogen) atoms. The monoisotopic (exact) mass is 559 g/mol. The van der Waals surface area contributed by atoms with Crippen molar-refractivity contribution in [2.45, 2.75) is 72.1 Å². The number of carbonyl (C=O) groups is 1. The Morgan fingerprint density at radius 2 is 1.83 bits per heavy atom. The molecule has 4 rings (SSSR count). The Labute approximate surface area is 242 Å². The molecule has 0 saturated heterocycles. The molecule has 0 aliphatic carbocycles. The van der Waals surface area contributed by atoms with Crippen molar-refractivity contribution in [3.63, 3.8) is 0 Å². The lowest BCUT2D eigenvalue weighted by Gasteiger charge is -2.21. The summed E-state index contributed by atoms with van der Waals surface area (Å²) in [7, 11) is 1.66. The zero-order chi connectivity index (χ0) is 29.2. The average molecular weight is 560 g/mol. The number of aliphatic hydroxyl groups excluding tert-OH is 1. The summed E-state index contributed by atoms with van der Waals surface area (Å²) >= 11 is 0. The highest BCUT2D eigenvalue weighted by molar-refractivity contribution is 5.80. The molecule has 1 N–H and O–H groups in total. The molecular formula is C33H41N3O5. The number of fused-ring (bicyclic) bond motifs is 1. The molecule has 1 atom stereocenters. The van der Waals surface area contributed by atoms with E-state index >= 15 is 0 Å². The number of unbranched alkanes of at least 4 members (excludes halogenated alkanes) is 2. The van der Waals surface area contributed by atoms with Gasteiger partial charge in [-0.05, 0) is 91.6 Å². The van der Waals surface area contributed by atoms with Crippen molar-refractivity contribution in [2.24, 2.45) is 0 Å². The Bertz CT molecular complexity index is 1430. The van der Waals surface area contributed by atoms with E-state index in [-0.39, 0.29) is 24.9 Å². The number of carbonyl (C=O) groups excluding carboxylic acids is 1. The summed E-state index contributed by atoms with van der Waals surface area (Å²) in [5.41, 5.74) is 7.82. The lowest BCUT2D eigenvalue weighted by atomic mass is 9.84. The van der Waals surface area contributed by atoms with E-state index in [1.54, 1.807) is 7.11 Å². The number of rotatable bonds is 15. The van der Waals surface area contributed by atoms with E-state index in [9.17, 15) is 9.90 Å². The fourth-order valence-corrected chi connectivity index (χ4v) is 5.15. The van der Waals surface area contributed by atoms with Gasteiger partial charge in [0.25, 0.3) is 0 Å². The maximum atomic E-state index is 12.6. The second-order valence-electron chi connectivity index (χ2n) is 10.3. The van der Waals surface area contributed by atoms with Crippen molar-refractivity contribution in [2.75, 3.05) is 20.3 Å². The molecule has 0 bridgehead atoms. The molecule has 0 aliphatic rings. The van der Waals surface area contributed by atoms with Crippen LogP contribution < -0.4 is 4.74 Å². The summed E-state index contributed by atoms with van der Waals surface area (Å²) in [5.74, 6) is 0.382. The largest absolute Gasteiger partial charge is 0.497 e. The molecule has 1 unspecified atom stereocenters. The molecule has 0 radical (unpaired) electrons. The SMILES string of the molecule is CCOC(=O)CC(c1ccc(C)c(CO)c1)c1ccc2c(nnn2CCCCCOCc2ccc(OC)cc2)c1C. The maximum Gasteiger partial charge on any atom is 0.306 e. The zero-order valence-electron chi connectivity index (χ0n) is 24.6. The van der Waals surface area contributed by atoms with E-state index in [4.69, 9.17) is 14.2 Å². The van der Waals surface area contributed by atoms with E-state index < -0.39 is 0 Å². The minimum Gasteiger partial charge on any atom is -0.497 e. The number of esters is 1. The third-order valence-corrected chi connectivity index (χ3v) is 7.57. The number of hydrogen-bond acceptors (Lipinski definition) is 7.